The molecule has 4 atom stereocenters. The monoisotopic (exact) mass is 406 g/mol. The number of methoxy groups -OCH3 is 1. The van der Waals surface area contributed by atoms with Gasteiger partial charge in [-0.15, -0.1) is 0 Å². The lowest BCUT2D eigenvalue weighted by molar-refractivity contribution is -0.146. The standard InChI is InChI=1S/C25H42O4/c1-7-18-16-19(26)11-14-25(18,5)22-12-13-24(3,4)21(20(22)8-2)10-9-15-29-17-23(27)28-6/h16,20-22H,7-15,17H2,1-6H3/t20-,21?,22?,25?/m0/s1. The Labute approximate surface area is 177 Å². The summed E-state index contributed by atoms with van der Waals surface area (Å²) in [6.07, 6.45) is 10.4. The van der Waals surface area contributed by atoms with E-state index in [0.717, 1.165) is 25.7 Å². The van der Waals surface area contributed by atoms with E-state index in [2.05, 4.69) is 39.4 Å². The zero-order valence-electron chi connectivity index (χ0n) is 19.5. The van der Waals surface area contributed by atoms with Crippen molar-refractivity contribution in [3.05, 3.63) is 11.6 Å². The number of ketones is 1. The summed E-state index contributed by atoms with van der Waals surface area (Å²) >= 11 is 0. The van der Waals surface area contributed by atoms with E-state index in [1.807, 2.05) is 6.08 Å². The van der Waals surface area contributed by atoms with Gasteiger partial charge in [0.15, 0.2) is 5.78 Å². The SMILES string of the molecule is CCC1=CC(=O)CCC1(C)C1CCC(C)(C)C(CCCOCC(=O)OC)[C@@H]1CC. The Morgan fingerprint density at radius 2 is 1.93 bits per heavy atom. The highest BCUT2D eigenvalue weighted by molar-refractivity contribution is 5.91. The molecule has 0 aromatic rings. The molecule has 1 fully saturated rings. The predicted octanol–water partition coefficient (Wildman–Crippen LogP) is 5.74. The lowest BCUT2D eigenvalue weighted by Crippen LogP contribution is -2.47. The second kappa shape index (κ2) is 10.2. The van der Waals surface area contributed by atoms with Crippen LogP contribution >= 0.6 is 0 Å². The lowest BCUT2D eigenvalue weighted by Gasteiger charge is -2.55. The van der Waals surface area contributed by atoms with Crippen LogP contribution in [0.15, 0.2) is 11.6 Å². The lowest BCUT2D eigenvalue weighted by atomic mass is 9.50. The summed E-state index contributed by atoms with van der Waals surface area (Å²) in [5.41, 5.74) is 1.84. The van der Waals surface area contributed by atoms with Crippen molar-refractivity contribution in [2.24, 2.45) is 28.6 Å². The van der Waals surface area contributed by atoms with Crippen LogP contribution in [0.3, 0.4) is 0 Å². The molecule has 29 heavy (non-hydrogen) atoms. The first kappa shape index (κ1) is 24.1. The Bertz CT molecular complexity index is 606. The summed E-state index contributed by atoms with van der Waals surface area (Å²) in [5.74, 6) is 1.94. The van der Waals surface area contributed by atoms with Gasteiger partial charge in [0, 0.05) is 13.0 Å². The molecule has 4 heteroatoms. The summed E-state index contributed by atoms with van der Waals surface area (Å²) in [6, 6.07) is 0. The Kier molecular flexibility index (Phi) is 8.51. The Balaban J connectivity index is 2.13. The van der Waals surface area contributed by atoms with Gasteiger partial charge in [-0.1, -0.05) is 46.6 Å². The summed E-state index contributed by atoms with van der Waals surface area (Å²) < 4.78 is 10.1. The van der Waals surface area contributed by atoms with Crippen LogP contribution < -0.4 is 0 Å². The molecular weight excluding hydrogens is 364 g/mol. The van der Waals surface area contributed by atoms with E-state index in [4.69, 9.17) is 4.74 Å². The molecule has 4 nitrogen and oxygen atoms in total. The van der Waals surface area contributed by atoms with Crippen LogP contribution in [0.1, 0.15) is 86.0 Å². The van der Waals surface area contributed by atoms with Gasteiger partial charge < -0.3 is 9.47 Å². The molecule has 0 spiro atoms. The fourth-order valence-electron chi connectivity index (χ4n) is 6.28. The van der Waals surface area contributed by atoms with Gasteiger partial charge in [-0.3, -0.25) is 4.79 Å². The van der Waals surface area contributed by atoms with Crippen LogP contribution in [0.5, 0.6) is 0 Å². The third-order valence-electron chi connectivity index (χ3n) is 8.02. The fraction of sp³-hybridized carbons (Fsp3) is 0.840. The molecule has 2 rings (SSSR count). The third kappa shape index (κ3) is 5.51. The van der Waals surface area contributed by atoms with Crippen LogP contribution in [0.4, 0.5) is 0 Å². The van der Waals surface area contributed by atoms with Gasteiger partial charge in [0.2, 0.25) is 0 Å². The molecule has 166 valence electrons. The van der Waals surface area contributed by atoms with Crippen molar-refractivity contribution in [2.75, 3.05) is 20.3 Å². The summed E-state index contributed by atoms with van der Waals surface area (Å²) in [4.78, 5) is 23.3. The van der Waals surface area contributed by atoms with Gasteiger partial charge in [0.1, 0.15) is 6.61 Å². The van der Waals surface area contributed by atoms with E-state index in [1.165, 1.54) is 31.9 Å². The molecule has 0 amide bonds. The first-order valence-corrected chi connectivity index (χ1v) is 11.6. The highest BCUT2D eigenvalue weighted by Crippen LogP contribution is 2.58. The largest absolute Gasteiger partial charge is 0.467 e. The van der Waals surface area contributed by atoms with Crippen LogP contribution in [0.2, 0.25) is 0 Å². The normalized spacial score (nSPS) is 32.0. The first-order chi connectivity index (χ1) is 13.7. The van der Waals surface area contributed by atoms with Crippen LogP contribution in [0.25, 0.3) is 0 Å². The molecule has 0 N–H and O–H groups in total. The quantitative estimate of drug-likeness (QED) is 0.362. The average Bonchev–Trinajstić information content (AvgIpc) is 2.69. The minimum Gasteiger partial charge on any atom is -0.467 e. The Hall–Kier alpha value is -1.16. The van der Waals surface area contributed by atoms with Crippen molar-refractivity contribution in [1.29, 1.82) is 0 Å². The van der Waals surface area contributed by atoms with Crippen molar-refractivity contribution in [3.8, 4) is 0 Å². The van der Waals surface area contributed by atoms with Crippen LogP contribution in [-0.2, 0) is 19.1 Å². The van der Waals surface area contributed by atoms with Crippen molar-refractivity contribution in [3.63, 3.8) is 0 Å². The second-order valence-corrected chi connectivity index (χ2v) is 9.99. The molecule has 2 aliphatic rings. The van der Waals surface area contributed by atoms with Gasteiger partial charge in [0.25, 0.3) is 0 Å². The molecular formula is C25H42O4. The van der Waals surface area contributed by atoms with Crippen molar-refractivity contribution in [1.82, 2.24) is 0 Å². The zero-order valence-corrected chi connectivity index (χ0v) is 19.5. The maximum atomic E-state index is 12.1. The molecule has 3 unspecified atom stereocenters. The number of hydrogen-bond acceptors (Lipinski definition) is 4. The van der Waals surface area contributed by atoms with E-state index in [1.54, 1.807) is 0 Å². The summed E-state index contributed by atoms with van der Waals surface area (Å²) in [7, 11) is 1.39. The van der Waals surface area contributed by atoms with Gasteiger partial charge in [0.05, 0.1) is 7.11 Å². The fourth-order valence-corrected chi connectivity index (χ4v) is 6.28. The van der Waals surface area contributed by atoms with E-state index in [-0.39, 0.29) is 18.0 Å². The van der Waals surface area contributed by atoms with Crippen molar-refractivity contribution < 1.29 is 19.1 Å². The number of esters is 1. The predicted molar refractivity (Wildman–Crippen MR) is 117 cm³/mol. The molecule has 1 saturated carbocycles. The van der Waals surface area contributed by atoms with E-state index >= 15 is 0 Å². The molecule has 0 saturated heterocycles. The number of rotatable bonds is 9. The number of allylic oxidation sites excluding steroid dienone is 2. The molecule has 0 radical (unpaired) electrons. The van der Waals surface area contributed by atoms with Gasteiger partial charge in [-0.05, 0) is 73.2 Å². The Morgan fingerprint density at radius 1 is 1.21 bits per heavy atom. The maximum Gasteiger partial charge on any atom is 0.331 e. The molecule has 2 aliphatic carbocycles. The molecule has 0 heterocycles. The average molecular weight is 407 g/mol. The molecule has 0 bridgehead atoms. The maximum absolute atomic E-state index is 12.1. The van der Waals surface area contributed by atoms with Crippen molar-refractivity contribution in [2.45, 2.75) is 86.0 Å². The van der Waals surface area contributed by atoms with Crippen LogP contribution in [0, 0.1) is 28.6 Å². The van der Waals surface area contributed by atoms with Crippen molar-refractivity contribution >= 4 is 11.8 Å². The highest BCUT2D eigenvalue weighted by Gasteiger charge is 2.50. The Morgan fingerprint density at radius 3 is 2.55 bits per heavy atom. The van der Waals surface area contributed by atoms with Gasteiger partial charge >= 0.3 is 5.97 Å². The number of ether oxygens (including phenoxy) is 2. The molecule has 0 aromatic carbocycles. The second-order valence-electron chi connectivity index (χ2n) is 9.99. The topological polar surface area (TPSA) is 52.6 Å². The summed E-state index contributed by atoms with van der Waals surface area (Å²) in [6.45, 7) is 12.5. The summed E-state index contributed by atoms with van der Waals surface area (Å²) in [5, 5.41) is 0. The highest BCUT2D eigenvalue weighted by atomic mass is 16.6. The van der Waals surface area contributed by atoms with Gasteiger partial charge in [-0.2, -0.15) is 0 Å². The minimum atomic E-state index is -0.312. The van der Waals surface area contributed by atoms with Crippen LogP contribution in [-0.4, -0.2) is 32.1 Å². The number of carbonyl (C=O) groups is 2. The van der Waals surface area contributed by atoms with E-state index in [0.29, 0.717) is 42.0 Å². The zero-order chi connectivity index (χ0) is 21.7. The number of carbonyl (C=O) groups excluding carboxylic acids is 2. The smallest absolute Gasteiger partial charge is 0.331 e. The number of hydrogen-bond donors (Lipinski definition) is 0. The molecule has 0 aromatic heterocycles. The van der Waals surface area contributed by atoms with E-state index < -0.39 is 0 Å². The minimum absolute atomic E-state index is 0.0428. The third-order valence-corrected chi connectivity index (χ3v) is 8.02. The first-order valence-electron chi connectivity index (χ1n) is 11.6. The van der Waals surface area contributed by atoms with Gasteiger partial charge in [-0.25, -0.2) is 4.79 Å². The van der Waals surface area contributed by atoms with E-state index in [9.17, 15) is 9.59 Å². The molecule has 0 aliphatic heterocycles.